The van der Waals surface area contributed by atoms with E-state index in [1.807, 2.05) is 0 Å². The molecule has 9 heavy (non-hydrogen) atoms. The van der Waals surface area contributed by atoms with E-state index in [0.717, 1.165) is 12.8 Å². The lowest BCUT2D eigenvalue weighted by Crippen LogP contribution is -2.33. The van der Waals surface area contributed by atoms with Crippen LogP contribution in [0.25, 0.3) is 0 Å². The highest BCUT2D eigenvalue weighted by Gasteiger charge is 2.21. The Morgan fingerprint density at radius 3 is 1.78 bits per heavy atom. The summed E-state index contributed by atoms with van der Waals surface area (Å²) < 4.78 is 0. The summed E-state index contributed by atoms with van der Waals surface area (Å²) >= 11 is 0. The molecule has 0 radical (unpaired) electrons. The summed E-state index contributed by atoms with van der Waals surface area (Å²) in [7, 11) is 0. The first-order valence-electron chi connectivity index (χ1n) is 3.34. The average molecular weight is 131 g/mol. The lowest BCUT2D eigenvalue weighted by atomic mass is 10.2. The van der Waals surface area contributed by atoms with Gasteiger partial charge in [0.25, 0.3) is 0 Å². The van der Waals surface area contributed by atoms with E-state index in [1.54, 1.807) is 0 Å². The van der Waals surface area contributed by atoms with E-state index in [-0.39, 0.29) is 25.3 Å². The molecule has 3 N–H and O–H groups in total. The van der Waals surface area contributed by atoms with Crippen LogP contribution in [0.15, 0.2) is 0 Å². The zero-order chi connectivity index (χ0) is 6.69. The molecular weight excluding hydrogens is 118 g/mol. The van der Waals surface area contributed by atoms with E-state index in [9.17, 15) is 0 Å². The van der Waals surface area contributed by atoms with Gasteiger partial charge in [0, 0.05) is 12.1 Å². The third kappa shape index (κ3) is 1.64. The predicted octanol–water partition coefficient (Wildman–Crippen LogP) is -0.908. The molecule has 0 saturated carbocycles. The normalized spacial score (nSPS) is 35.3. The van der Waals surface area contributed by atoms with Gasteiger partial charge in [-0.15, -0.1) is 0 Å². The number of aliphatic hydroxyl groups excluding tert-OH is 2. The highest BCUT2D eigenvalue weighted by Crippen LogP contribution is 2.10. The molecule has 1 rings (SSSR count). The molecule has 0 amide bonds. The van der Waals surface area contributed by atoms with E-state index in [1.165, 1.54) is 0 Å². The summed E-state index contributed by atoms with van der Waals surface area (Å²) in [6.07, 6.45) is 1.98. The van der Waals surface area contributed by atoms with Gasteiger partial charge >= 0.3 is 0 Å². The summed E-state index contributed by atoms with van der Waals surface area (Å²) in [5.41, 5.74) is 0. The molecule has 54 valence electrons. The van der Waals surface area contributed by atoms with Crippen LogP contribution in [0.1, 0.15) is 12.8 Å². The highest BCUT2D eigenvalue weighted by molar-refractivity contribution is 4.81. The van der Waals surface area contributed by atoms with Gasteiger partial charge < -0.3 is 15.5 Å². The van der Waals surface area contributed by atoms with Crippen LogP contribution in [-0.4, -0.2) is 35.5 Å². The van der Waals surface area contributed by atoms with Crippen molar-refractivity contribution in [2.24, 2.45) is 0 Å². The van der Waals surface area contributed by atoms with Gasteiger partial charge in [0.15, 0.2) is 0 Å². The van der Waals surface area contributed by atoms with E-state index in [0.29, 0.717) is 0 Å². The SMILES string of the molecule is OC[C@@H]1CC[C@@H](CO)N1. The van der Waals surface area contributed by atoms with Crippen LogP contribution in [-0.2, 0) is 0 Å². The summed E-state index contributed by atoms with van der Waals surface area (Å²) in [4.78, 5) is 0. The Morgan fingerprint density at radius 2 is 1.56 bits per heavy atom. The van der Waals surface area contributed by atoms with Crippen LogP contribution < -0.4 is 5.32 Å². The molecule has 1 aliphatic rings. The predicted molar refractivity (Wildman–Crippen MR) is 34.1 cm³/mol. The monoisotopic (exact) mass is 131 g/mol. The molecule has 1 saturated heterocycles. The number of aliphatic hydroxyl groups is 2. The van der Waals surface area contributed by atoms with Crippen molar-refractivity contribution in [2.45, 2.75) is 24.9 Å². The Kier molecular flexibility index (Phi) is 2.45. The van der Waals surface area contributed by atoms with E-state index >= 15 is 0 Å². The number of nitrogens with one attached hydrogen (secondary N) is 1. The van der Waals surface area contributed by atoms with Gasteiger partial charge in [0.05, 0.1) is 13.2 Å². The van der Waals surface area contributed by atoms with Gasteiger partial charge in [-0.05, 0) is 12.8 Å². The smallest absolute Gasteiger partial charge is 0.0584 e. The standard InChI is InChI=1S/C6H13NO2/c8-3-5-1-2-6(4-9)7-5/h5-9H,1-4H2/t5-,6-/m0/s1. The molecule has 0 aromatic heterocycles. The number of rotatable bonds is 2. The van der Waals surface area contributed by atoms with Gasteiger partial charge in [0.2, 0.25) is 0 Å². The molecule has 3 nitrogen and oxygen atoms in total. The van der Waals surface area contributed by atoms with Crippen molar-refractivity contribution in [1.82, 2.24) is 5.32 Å². The van der Waals surface area contributed by atoms with Crippen molar-refractivity contribution in [2.75, 3.05) is 13.2 Å². The van der Waals surface area contributed by atoms with E-state index in [2.05, 4.69) is 5.32 Å². The van der Waals surface area contributed by atoms with Gasteiger partial charge in [-0.2, -0.15) is 0 Å². The Hall–Kier alpha value is -0.120. The van der Waals surface area contributed by atoms with Gasteiger partial charge in [-0.25, -0.2) is 0 Å². The molecule has 1 fully saturated rings. The van der Waals surface area contributed by atoms with E-state index in [4.69, 9.17) is 10.2 Å². The van der Waals surface area contributed by atoms with Crippen molar-refractivity contribution in [3.63, 3.8) is 0 Å². The Labute approximate surface area is 54.7 Å². The fourth-order valence-electron chi connectivity index (χ4n) is 1.19. The molecular formula is C6H13NO2. The minimum atomic E-state index is 0.191. The third-order valence-corrected chi connectivity index (χ3v) is 1.78. The Morgan fingerprint density at radius 1 is 1.11 bits per heavy atom. The van der Waals surface area contributed by atoms with Crippen LogP contribution in [0.2, 0.25) is 0 Å². The van der Waals surface area contributed by atoms with Crippen molar-refractivity contribution < 1.29 is 10.2 Å². The molecule has 2 atom stereocenters. The summed E-state index contributed by atoms with van der Waals surface area (Å²) in [6.45, 7) is 0.382. The molecule has 0 aliphatic carbocycles. The van der Waals surface area contributed by atoms with Crippen molar-refractivity contribution in [3.8, 4) is 0 Å². The lowest BCUT2D eigenvalue weighted by molar-refractivity contribution is 0.227. The fraction of sp³-hybridized carbons (Fsp3) is 1.00. The van der Waals surface area contributed by atoms with Crippen LogP contribution in [0.3, 0.4) is 0 Å². The molecule has 0 bridgehead atoms. The van der Waals surface area contributed by atoms with Crippen molar-refractivity contribution >= 4 is 0 Å². The second kappa shape index (κ2) is 3.15. The van der Waals surface area contributed by atoms with Crippen LogP contribution in [0, 0.1) is 0 Å². The zero-order valence-corrected chi connectivity index (χ0v) is 5.38. The Balaban J connectivity index is 2.20. The van der Waals surface area contributed by atoms with Crippen molar-refractivity contribution in [3.05, 3.63) is 0 Å². The molecule has 3 heteroatoms. The number of hydrogen-bond acceptors (Lipinski definition) is 3. The maximum Gasteiger partial charge on any atom is 0.0584 e. The first-order chi connectivity index (χ1) is 4.36. The first-order valence-corrected chi connectivity index (χ1v) is 3.34. The van der Waals surface area contributed by atoms with Crippen LogP contribution in [0.4, 0.5) is 0 Å². The highest BCUT2D eigenvalue weighted by atomic mass is 16.3. The Bertz CT molecular complexity index is 77.1. The van der Waals surface area contributed by atoms with Crippen molar-refractivity contribution in [1.29, 1.82) is 0 Å². The minimum absolute atomic E-state index is 0.191. The quantitative estimate of drug-likeness (QED) is 0.455. The fourth-order valence-corrected chi connectivity index (χ4v) is 1.19. The van der Waals surface area contributed by atoms with Gasteiger partial charge in [-0.1, -0.05) is 0 Å². The summed E-state index contributed by atoms with van der Waals surface area (Å²) in [5.74, 6) is 0. The molecule has 0 aromatic rings. The molecule has 1 heterocycles. The second-order valence-electron chi connectivity index (χ2n) is 2.50. The summed E-state index contributed by atoms with van der Waals surface area (Å²) in [6, 6.07) is 0.448. The second-order valence-corrected chi connectivity index (χ2v) is 2.50. The summed E-state index contributed by atoms with van der Waals surface area (Å²) in [5, 5.41) is 20.4. The molecule has 1 aliphatic heterocycles. The topological polar surface area (TPSA) is 52.5 Å². The minimum Gasteiger partial charge on any atom is -0.395 e. The third-order valence-electron chi connectivity index (χ3n) is 1.78. The number of hydrogen-bond donors (Lipinski definition) is 3. The van der Waals surface area contributed by atoms with Crippen LogP contribution in [0.5, 0.6) is 0 Å². The largest absolute Gasteiger partial charge is 0.395 e. The maximum atomic E-state index is 8.64. The molecule has 0 aromatic carbocycles. The van der Waals surface area contributed by atoms with E-state index < -0.39 is 0 Å². The lowest BCUT2D eigenvalue weighted by Gasteiger charge is -2.08. The zero-order valence-electron chi connectivity index (χ0n) is 5.38. The molecule has 0 unspecified atom stereocenters. The van der Waals surface area contributed by atoms with Crippen LogP contribution >= 0.6 is 0 Å². The maximum absolute atomic E-state index is 8.64. The van der Waals surface area contributed by atoms with Gasteiger partial charge in [-0.3, -0.25) is 0 Å². The van der Waals surface area contributed by atoms with Gasteiger partial charge in [0.1, 0.15) is 0 Å². The first kappa shape index (κ1) is 6.99. The average Bonchev–Trinajstić information content (AvgIpc) is 2.34. The molecule has 0 spiro atoms.